The number of carbonyl (C=O) groups is 1. The lowest BCUT2D eigenvalue weighted by atomic mass is 10.1. The zero-order valence-electron chi connectivity index (χ0n) is 10.5. The van der Waals surface area contributed by atoms with E-state index in [9.17, 15) is 23.7 Å². The SMILES string of the molecule is CC(O)C(N)CNC(=O)c1c(F)ccc([N+](=O)[O-])c1F. The minimum absolute atomic E-state index is 0.238. The molecular formula is C11H13F2N3O4. The summed E-state index contributed by atoms with van der Waals surface area (Å²) in [6.07, 6.45) is -0.935. The van der Waals surface area contributed by atoms with Crippen molar-refractivity contribution in [2.75, 3.05) is 6.54 Å². The van der Waals surface area contributed by atoms with Gasteiger partial charge in [0.25, 0.3) is 5.91 Å². The Morgan fingerprint density at radius 1 is 1.55 bits per heavy atom. The van der Waals surface area contributed by atoms with E-state index < -0.39 is 45.9 Å². The van der Waals surface area contributed by atoms with E-state index in [-0.39, 0.29) is 6.54 Å². The maximum atomic E-state index is 13.7. The minimum atomic E-state index is -1.56. The van der Waals surface area contributed by atoms with Crippen LogP contribution in [0.5, 0.6) is 0 Å². The Morgan fingerprint density at radius 3 is 2.65 bits per heavy atom. The number of halogens is 2. The van der Waals surface area contributed by atoms with Crippen LogP contribution in [-0.2, 0) is 0 Å². The number of carbonyl (C=O) groups excluding carboxylic acids is 1. The van der Waals surface area contributed by atoms with Crippen LogP contribution < -0.4 is 11.1 Å². The predicted octanol–water partition coefficient (Wildman–Crippen LogP) is 0.311. The van der Waals surface area contributed by atoms with Gasteiger partial charge in [0.15, 0.2) is 0 Å². The highest BCUT2D eigenvalue weighted by Crippen LogP contribution is 2.22. The van der Waals surface area contributed by atoms with Crippen molar-refractivity contribution in [1.29, 1.82) is 0 Å². The van der Waals surface area contributed by atoms with Gasteiger partial charge in [0.05, 0.1) is 11.0 Å². The summed E-state index contributed by atoms with van der Waals surface area (Å²) in [4.78, 5) is 21.1. The van der Waals surface area contributed by atoms with Gasteiger partial charge >= 0.3 is 5.69 Å². The molecule has 0 heterocycles. The highest BCUT2D eigenvalue weighted by molar-refractivity contribution is 5.95. The van der Waals surface area contributed by atoms with Crippen LogP contribution in [0.4, 0.5) is 14.5 Å². The number of nitro groups is 1. The maximum absolute atomic E-state index is 13.7. The molecular weight excluding hydrogens is 276 g/mol. The summed E-state index contributed by atoms with van der Waals surface area (Å²) in [5.74, 6) is -3.96. The number of nitro benzene ring substituents is 1. The van der Waals surface area contributed by atoms with Crippen LogP contribution in [0.3, 0.4) is 0 Å². The summed E-state index contributed by atoms with van der Waals surface area (Å²) >= 11 is 0. The number of benzene rings is 1. The molecule has 0 saturated heterocycles. The van der Waals surface area contributed by atoms with E-state index in [2.05, 4.69) is 5.32 Å². The maximum Gasteiger partial charge on any atom is 0.305 e. The Balaban J connectivity index is 2.98. The van der Waals surface area contributed by atoms with Crippen molar-refractivity contribution in [2.45, 2.75) is 19.1 Å². The summed E-state index contributed by atoms with van der Waals surface area (Å²) < 4.78 is 27.1. The Morgan fingerprint density at radius 2 is 2.15 bits per heavy atom. The molecule has 0 fully saturated rings. The molecule has 0 aliphatic carbocycles. The van der Waals surface area contributed by atoms with Gasteiger partial charge in [-0.1, -0.05) is 0 Å². The fourth-order valence-electron chi connectivity index (χ4n) is 1.36. The van der Waals surface area contributed by atoms with Crippen molar-refractivity contribution in [3.63, 3.8) is 0 Å². The van der Waals surface area contributed by atoms with Crippen LogP contribution in [-0.4, -0.2) is 34.6 Å². The van der Waals surface area contributed by atoms with E-state index in [0.717, 1.165) is 0 Å². The molecule has 0 aromatic heterocycles. The van der Waals surface area contributed by atoms with Crippen molar-refractivity contribution in [1.82, 2.24) is 5.32 Å². The normalized spacial score (nSPS) is 13.7. The summed E-state index contributed by atoms with van der Waals surface area (Å²) in [6.45, 7) is 1.14. The van der Waals surface area contributed by atoms with Gasteiger partial charge in [0, 0.05) is 18.7 Å². The molecule has 1 rings (SSSR count). The number of nitrogens with one attached hydrogen (secondary N) is 1. The van der Waals surface area contributed by atoms with Gasteiger partial charge in [0.2, 0.25) is 5.82 Å². The Bertz CT molecular complexity index is 537. The molecule has 0 saturated carbocycles. The van der Waals surface area contributed by atoms with Crippen molar-refractivity contribution < 1.29 is 23.6 Å². The predicted molar refractivity (Wildman–Crippen MR) is 65.0 cm³/mol. The van der Waals surface area contributed by atoms with Crippen LogP contribution >= 0.6 is 0 Å². The molecule has 2 unspecified atom stereocenters. The molecule has 0 aliphatic rings. The van der Waals surface area contributed by atoms with E-state index >= 15 is 0 Å². The average Bonchev–Trinajstić information content (AvgIpc) is 2.35. The third-order valence-corrected chi connectivity index (χ3v) is 2.61. The second-order valence-electron chi connectivity index (χ2n) is 4.13. The standard InChI is InChI=1S/C11H13F2N3O4/c1-5(17)7(14)4-15-11(18)9-6(12)2-3-8(10(9)13)16(19)20/h2-3,5,7,17H,4,14H2,1H3,(H,15,18). The summed E-state index contributed by atoms with van der Waals surface area (Å²) in [5.41, 5.74) is 3.37. The first-order chi connectivity index (χ1) is 9.25. The second kappa shape index (κ2) is 6.35. The third-order valence-electron chi connectivity index (χ3n) is 2.61. The molecule has 1 aromatic rings. The fourth-order valence-corrected chi connectivity index (χ4v) is 1.36. The molecule has 1 aromatic carbocycles. The molecule has 9 heteroatoms. The summed E-state index contributed by atoms with van der Waals surface area (Å²) in [5, 5.41) is 21.7. The highest BCUT2D eigenvalue weighted by Gasteiger charge is 2.26. The molecule has 2 atom stereocenters. The van der Waals surface area contributed by atoms with E-state index in [4.69, 9.17) is 10.8 Å². The van der Waals surface area contributed by atoms with Gasteiger partial charge in [-0.25, -0.2) is 4.39 Å². The van der Waals surface area contributed by atoms with E-state index in [1.54, 1.807) is 0 Å². The average molecular weight is 289 g/mol. The summed E-state index contributed by atoms with van der Waals surface area (Å²) in [6, 6.07) is 0.428. The smallest absolute Gasteiger partial charge is 0.305 e. The van der Waals surface area contributed by atoms with Crippen LogP contribution in [0.15, 0.2) is 12.1 Å². The Hall–Kier alpha value is -2.13. The lowest BCUT2D eigenvalue weighted by molar-refractivity contribution is -0.387. The molecule has 0 spiro atoms. The number of amides is 1. The third kappa shape index (κ3) is 3.45. The first kappa shape index (κ1) is 15.9. The molecule has 7 nitrogen and oxygen atoms in total. The number of nitrogens with zero attached hydrogens (tertiary/aromatic N) is 1. The Kier molecular flexibility index (Phi) is 5.06. The van der Waals surface area contributed by atoms with Gasteiger partial charge in [-0.2, -0.15) is 4.39 Å². The number of hydrogen-bond acceptors (Lipinski definition) is 5. The first-order valence-electron chi connectivity index (χ1n) is 5.60. The number of hydrogen-bond donors (Lipinski definition) is 3. The molecule has 4 N–H and O–H groups in total. The molecule has 20 heavy (non-hydrogen) atoms. The van der Waals surface area contributed by atoms with Crippen LogP contribution in [0.25, 0.3) is 0 Å². The molecule has 1 amide bonds. The van der Waals surface area contributed by atoms with E-state index in [0.29, 0.717) is 12.1 Å². The van der Waals surface area contributed by atoms with Crippen molar-refractivity contribution in [3.05, 3.63) is 39.4 Å². The largest absolute Gasteiger partial charge is 0.392 e. The van der Waals surface area contributed by atoms with Gasteiger partial charge in [-0.05, 0) is 13.0 Å². The zero-order chi connectivity index (χ0) is 15.4. The molecule has 110 valence electrons. The molecule has 0 bridgehead atoms. The van der Waals surface area contributed by atoms with Crippen molar-refractivity contribution in [3.8, 4) is 0 Å². The van der Waals surface area contributed by atoms with Crippen LogP contribution in [0, 0.1) is 21.7 Å². The number of nitrogens with two attached hydrogens (primary N) is 1. The second-order valence-corrected chi connectivity index (χ2v) is 4.13. The minimum Gasteiger partial charge on any atom is -0.392 e. The van der Waals surface area contributed by atoms with Crippen LogP contribution in [0.1, 0.15) is 17.3 Å². The van der Waals surface area contributed by atoms with Crippen LogP contribution in [0.2, 0.25) is 0 Å². The van der Waals surface area contributed by atoms with Gasteiger partial charge < -0.3 is 16.2 Å². The molecule has 0 aliphatic heterocycles. The fraction of sp³-hybridized carbons (Fsp3) is 0.364. The number of aliphatic hydroxyl groups is 1. The van der Waals surface area contributed by atoms with Gasteiger partial charge in [-0.3, -0.25) is 14.9 Å². The van der Waals surface area contributed by atoms with Gasteiger partial charge in [-0.15, -0.1) is 0 Å². The van der Waals surface area contributed by atoms with E-state index in [1.807, 2.05) is 0 Å². The topological polar surface area (TPSA) is 118 Å². The molecule has 0 radical (unpaired) electrons. The van der Waals surface area contributed by atoms with Gasteiger partial charge in [0.1, 0.15) is 11.4 Å². The number of rotatable bonds is 5. The lowest BCUT2D eigenvalue weighted by Gasteiger charge is -2.15. The van der Waals surface area contributed by atoms with Crippen molar-refractivity contribution >= 4 is 11.6 Å². The number of aliphatic hydroxyl groups excluding tert-OH is 1. The first-order valence-corrected chi connectivity index (χ1v) is 5.60. The van der Waals surface area contributed by atoms with Crippen molar-refractivity contribution in [2.24, 2.45) is 5.73 Å². The Labute approximate surface area is 112 Å². The quantitative estimate of drug-likeness (QED) is 0.532. The highest BCUT2D eigenvalue weighted by atomic mass is 19.1. The summed E-state index contributed by atoms with van der Waals surface area (Å²) in [7, 11) is 0. The zero-order valence-corrected chi connectivity index (χ0v) is 10.5. The lowest BCUT2D eigenvalue weighted by Crippen LogP contribution is -2.44. The van der Waals surface area contributed by atoms with E-state index in [1.165, 1.54) is 6.92 Å². The monoisotopic (exact) mass is 289 g/mol.